The lowest BCUT2D eigenvalue weighted by Gasteiger charge is -2.13. The van der Waals surface area contributed by atoms with Crippen LogP contribution in [0.25, 0.3) is 22.1 Å². The van der Waals surface area contributed by atoms with Crippen molar-refractivity contribution in [2.24, 2.45) is 0 Å². The number of esters is 1. The number of hydrogen-bond acceptors (Lipinski definition) is 7. The van der Waals surface area contributed by atoms with Crippen LogP contribution in [-0.2, 0) is 9.53 Å². The summed E-state index contributed by atoms with van der Waals surface area (Å²) in [6.07, 6.45) is 0.946. The van der Waals surface area contributed by atoms with Crippen molar-refractivity contribution in [1.82, 2.24) is 0 Å². The largest absolute Gasteiger partial charge is 0.493 e. The second kappa shape index (κ2) is 8.20. The van der Waals surface area contributed by atoms with Gasteiger partial charge < -0.3 is 23.4 Å². The number of rotatable bonds is 5. The molecule has 1 aliphatic rings. The molecule has 0 spiro atoms. The van der Waals surface area contributed by atoms with Crippen LogP contribution in [0.5, 0.6) is 17.2 Å². The fourth-order valence-corrected chi connectivity index (χ4v) is 3.67. The summed E-state index contributed by atoms with van der Waals surface area (Å²) in [5.74, 6) is 0.962. The average molecular weight is 410 g/mol. The molecule has 2 aromatic carbocycles. The summed E-state index contributed by atoms with van der Waals surface area (Å²) in [7, 11) is 3.09. The van der Waals surface area contributed by atoms with E-state index >= 15 is 0 Å². The quantitative estimate of drug-likeness (QED) is 0.359. The SMILES string of the molecule is COc1ccc(-c2c(C)c3ccc(OC(=O)C4CCCO4)cc3oc2=O)cc1OC. The third-order valence-corrected chi connectivity index (χ3v) is 5.22. The first kappa shape index (κ1) is 20.0. The Morgan fingerprint density at radius 3 is 2.57 bits per heavy atom. The van der Waals surface area contributed by atoms with Gasteiger partial charge in [-0.15, -0.1) is 0 Å². The molecule has 1 fully saturated rings. The van der Waals surface area contributed by atoms with Gasteiger partial charge >= 0.3 is 11.6 Å². The molecule has 1 unspecified atom stereocenters. The first-order valence-electron chi connectivity index (χ1n) is 9.65. The Morgan fingerprint density at radius 2 is 1.87 bits per heavy atom. The number of methoxy groups -OCH3 is 2. The van der Waals surface area contributed by atoms with Crippen LogP contribution in [0.4, 0.5) is 0 Å². The molecule has 1 aromatic heterocycles. The van der Waals surface area contributed by atoms with Gasteiger partial charge in [0.05, 0.1) is 19.8 Å². The summed E-state index contributed by atoms with van der Waals surface area (Å²) >= 11 is 0. The van der Waals surface area contributed by atoms with Crippen molar-refractivity contribution in [3.8, 4) is 28.4 Å². The van der Waals surface area contributed by atoms with E-state index < -0.39 is 17.7 Å². The molecular formula is C23H22O7. The Bertz CT molecular complexity index is 1160. The first-order valence-corrected chi connectivity index (χ1v) is 9.65. The van der Waals surface area contributed by atoms with Gasteiger partial charge in [0, 0.05) is 18.1 Å². The van der Waals surface area contributed by atoms with E-state index in [0.717, 1.165) is 17.4 Å². The summed E-state index contributed by atoms with van der Waals surface area (Å²) < 4.78 is 26.9. The van der Waals surface area contributed by atoms with Gasteiger partial charge in [-0.05, 0) is 55.2 Å². The Morgan fingerprint density at radius 1 is 1.07 bits per heavy atom. The van der Waals surface area contributed by atoms with Crippen LogP contribution in [0, 0.1) is 6.92 Å². The summed E-state index contributed by atoms with van der Waals surface area (Å²) in [5, 5.41) is 0.747. The molecule has 4 rings (SSSR count). The zero-order valence-electron chi connectivity index (χ0n) is 17.0. The van der Waals surface area contributed by atoms with Crippen molar-refractivity contribution in [2.75, 3.05) is 20.8 Å². The molecule has 7 heteroatoms. The molecule has 1 atom stereocenters. The van der Waals surface area contributed by atoms with Gasteiger partial charge in [-0.2, -0.15) is 0 Å². The molecular weight excluding hydrogens is 388 g/mol. The molecule has 30 heavy (non-hydrogen) atoms. The van der Waals surface area contributed by atoms with Crippen molar-refractivity contribution >= 4 is 16.9 Å². The minimum absolute atomic E-state index is 0.310. The standard InChI is InChI=1S/C23H22O7/c1-13-16-8-7-15(29-22(24)18-5-4-10-28-18)12-19(16)30-23(25)21(13)14-6-9-17(26-2)20(11-14)27-3/h6-9,11-12,18H,4-5,10H2,1-3H3. The third kappa shape index (κ3) is 3.64. The van der Waals surface area contributed by atoms with Crippen LogP contribution in [-0.4, -0.2) is 32.9 Å². The normalized spacial score (nSPS) is 15.9. The van der Waals surface area contributed by atoms with Crippen molar-refractivity contribution < 1.29 is 28.2 Å². The lowest BCUT2D eigenvalue weighted by molar-refractivity contribution is -0.144. The van der Waals surface area contributed by atoms with E-state index in [4.69, 9.17) is 23.4 Å². The summed E-state index contributed by atoms with van der Waals surface area (Å²) in [4.78, 5) is 25.0. The number of fused-ring (bicyclic) bond motifs is 1. The van der Waals surface area contributed by atoms with Crippen molar-refractivity contribution in [2.45, 2.75) is 25.9 Å². The number of carbonyl (C=O) groups excluding carboxylic acids is 1. The molecule has 0 saturated carbocycles. The van der Waals surface area contributed by atoms with Crippen LogP contribution >= 0.6 is 0 Å². The van der Waals surface area contributed by atoms with Gasteiger partial charge in [-0.25, -0.2) is 9.59 Å². The molecule has 0 N–H and O–H groups in total. The highest BCUT2D eigenvalue weighted by atomic mass is 16.6. The summed E-state index contributed by atoms with van der Waals surface area (Å²) in [5.41, 5.74) is 1.71. The molecule has 7 nitrogen and oxygen atoms in total. The van der Waals surface area contributed by atoms with E-state index in [0.29, 0.717) is 47.0 Å². The van der Waals surface area contributed by atoms with Gasteiger partial charge in [-0.1, -0.05) is 6.07 Å². The van der Waals surface area contributed by atoms with E-state index in [2.05, 4.69) is 0 Å². The highest BCUT2D eigenvalue weighted by Crippen LogP contribution is 2.34. The van der Waals surface area contributed by atoms with Crippen LogP contribution < -0.4 is 19.8 Å². The Balaban J connectivity index is 1.72. The maximum atomic E-state index is 12.8. The monoisotopic (exact) mass is 410 g/mol. The van der Waals surface area contributed by atoms with Gasteiger partial charge in [0.25, 0.3) is 0 Å². The molecule has 2 heterocycles. The molecule has 0 radical (unpaired) electrons. The van der Waals surface area contributed by atoms with Crippen molar-refractivity contribution in [1.29, 1.82) is 0 Å². The fourth-order valence-electron chi connectivity index (χ4n) is 3.67. The first-order chi connectivity index (χ1) is 14.5. The van der Waals surface area contributed by atoms with Crippen molar-refractivity contribution in [3.05, 3.63) is 52.4 Å². The predicted molar refractivity (Wildman–Crippen MR) is 110 cm³/mol. The second-order valence-corrected chi connectivity index (χ2v) is 7.04. The highest BCUT2D eigenvalue weighted by molar-refractivity contribution is 5.88. The van der Waals surface area contributed by atoms with Gasteiger partial charge in [0.1, 0.15) is 11.3 Å². The lowest BCUT2D eigenvalue weighted by atomic mass is 9.99. The summed E-state index contributed by atoms with van der Waals surface area (Å²) in [6, 6.07) is 10.3. The number of aryl methyl sites for hydroxylation is 1. The maximum Gasteiger partial charge on any atom is 0.344 e. The second-order valence-electron chi connectivity index (χ2n) is 7.04. The van der Waals surface area contributed by atoms with Gasteiger partial charge in [0.2, 0.25) is 0 Å². The van der Waals surface area contributed by atoms with E-state index in [1.54, 1.807) is 43.5 Å². The van der Waals surface area contributed by atoms with E-state index in [1.807, 2.05) is 6.92 Å². The Hall–Kier alpha value is -3.32. The summed E-state index contributed by atoms with van der Waals surface area (Å²) in [6.45, 7) is 2.41. The molecule has 0 aliphatic carbocycles. The maximum absolute atomic E-state index is 12.8. The van der Waals surface area contributed by atoms with E-state index in [9.17, 15) is 9.59 Å². The number of hydrogen-bond donors (Lipinski definition) is 0. The highest BCUT2D eigenvalue weighted by Gasteiger charge is 2.26. The average Bonchev–Trinajstić information content (AvgIpc) is 3.28. The molecule has 1 aliphatic heterocycles. The van der Waals surface area contributed by atoms with Crippen LogP contribution in [0.3, 0.4) is 0 Å². The minimum Gasteiger partial charge on any atom is -0.493 e. The zero-order valence-corrected chi connectivity index (χ0v) is 17.0. The van der Waals surface area contributed by atoms with E-state index in [-0.39, 0.29) is 0 Å². The topological polar surface area (TPSA) is 84.2 Å². The lowest BCUT2D eigenvalue weighted by Crippen LogP contribution is -2.24. The van der Waals surface area contributed by atoms with Gasteiger partial charge in [-0.3, -0.25) is 0 Å². The van der Waals surface area contributed by atoms with Crippen LogP contribution in [0.1, 0.15) is 18.4 Å². The molecule has 1 saturated heterocycles. The molecule has 156 valence electrons. The third-order valence-electron chi connectivity index (χ3n) is 5.22. The fraction of sp³-hybridized carbons (Fsp3) is 0.304. The number of ether oxygens (including phenoxy) is 4. The van der Waals surface area contributed by atoms with Crippen molar-refractivity contribution in [3.63, 3.8) is 0 Å². The smallest absolute Gasteiger partial charge is 0.344 e. The molecule has 0 bridgehead atoms. The van der Waals surface area contributed by atoms with Crippen LogP contribution in [0.15, 0.2) is 45.6 Å². The Kier molecular flexibility index (Phi) is 5.46. The molecule has 0 amide bonds. The minimum atomic E-state index is -0.540. The van der Waals surface area contributed by atoms with Gasteiger partial charge in [0.15, 0.2) is 17.6 Å². The van der Waals surface area contributed by atoms with Crippen LogP contribution in [0.2, 0.25) is 0 Å². The Labute approximate surface area is 173 Å². The van der Waals surface area contributed by atoms with E-state index in [1.165, 1.54) is 7.11 Å². The number of benzene rings is 2. The molecule has 3 aromatic rings. The zero-order chi connectivity index (χ0) is 21.3. The predicted octanol–water partition coefficient (Wildman–Crippen LogP) is 3.87. The number of carbonyl (C=O) groups is 1.